The summed E-state index contributed by atoms with van der Waals surface area (Å²) in [7, 11) is 0. The molecular weight excluding hydrogens is 649 g/mol. The van der Waals surface area contributed by atoms with Crippen molar-refractivity contribution in [1.29, 1.82) is 0 Å². The van der Waals surface area contributed by atoms with Crippen molar-refractivity contribution in [2.45, 2.75) is 0 Å². The Hall–Kier alpha value is -7.17. The van der Waals surface area contributed by atoms with Crippen LogP contribution in [0.15, 0.2) is 203 Å². The van der Waals surface area contributed by atoms with E-state index >= 15 is 0 Å². The Morgan fingerprint density at radius 1 is 0.358 bits per heavy atom. The van der Waals surface area contributed by atoms with Crippen molar-refractivity contribution in [3.63, 3.8) is 0 Å². The van der Waals surface area contributed by atoms with Crippen LogP contribution in [0, 0.1) is 0 Å². The lowest BCUT2D eigenvalue weighted by molar-refractivity contribution is 0.621. The highest BCUT2D eigenvalue weighted by molar-refractivity contribution is 6.06. The molecule has 0 aliphatic carbocycles. The second kappa shape index (κ2) is 12.9. The van der Waals surface area contributed by atoms with Crippen LogP contribution >= 0.6 is 0 Å². The number of fused-ring (bicyclic) bond motifs is 4. The molecule has 0 fully saturated rings. The van der Waals surface area contributed by atoms with E-state index in [9.17, 15) is 0 Å². The van der Waals surface area contributed by atoms with Crippen LogP contribution in [0.1, 0.15) is 0 Å². The number of aromatic nitrogens is 1. The molecule has 2 heterocycles. The molecule has 0 saturated carbocycles. The van der Waals surface area contributed by atoms with Gasteiger partial charge in [-0.2, -0.15) is 0 Å². The van der Waals surface area contributed by atoms with Crippen LogP contribution in [0.4, 0.5) is 17.1 Å². The fourth-order valence-electron chi connectivity index (χ4n) is 7.31. The molecule has 0 atom stereocenters. The SMILES string of the molecule is c1ccc(-c2ccc(N(c3ccc(-c4ccc(-c5ccccc5)c5nc(-c6ccccc6)oc45)cc3)c3ccc4oc5ccccc5c4c3)cc2)cc1. The fraction of sp³-hybridized carbons (Fsp3) is 0. The molecular formula is C49H32N2O2. The summed E-state index contributed by atoms with van der Waals surface area (Å²) >= 11 is 0. The van der Waals surface area contributed by atoms with Crippen LogP contribution in [0.3, 0.4) is 0 Å². The van der Waals surface area contributed by atoms with Crippen LogP contribution in [-0.4, -0.2) is 4.98 Å². The third kappa shape index (κ3) is 5.54. The molecule has 0 aliphatic rings. The van der Waals surface area contributed by atoms with Crippen LogP contribution in [0.25, 0.3) is 77.9 Å². The van der Waals surface area contributed by atoms with Crippen molar-refractivity contribution >= 4 is 50.1 Å². The summed E-state index contributed by atoms with van der Waals surface area (Å²) in [6.07, 6.45) is 0. The molecule has 4 heteroatoms. The van der Waals surface area contributed by atoms with Crippen molar-refractivity contribution in [3.05, 3.63) is 194 Å². The number of benzene rings is 8. The first kappa shape index (κ1) is 30.6. The van der Waals surface area contributed by atoms with Gasteiger partial charge < -0.3 is 13.7 Å². The number of furan rings is 1. The lowest BCUT2D eigenvalue weighted by atomic mass is 9.98. The Morgan fingerprint density at radius 3 is 1.57 bits per heavy atom. The van der Waals surface area contributed by atoms with Gasteiger partial charge in [-0.1, -0.05) is 127 Å². The highest BCUT2D eigenvalue weighted by atomic mass is 16.3. The van der Waals surface area contributed by atoms with E-state index in [0.717, 1.165) is 77.9 Å². The number of rotatable bonds is 7. The summed E-state index contributed by atoms with van der Waals surface area (Å²) in [6, 6.07) is 67.4. The van der Waals surface area contributed by atoms with E-state index in [0.29, 0.717) is 5.89 Å². The van der Waals surface area contributed by atoms with Gasteiger partial charge in [-0.15, -0.1) is 0 Å². The molecule has 0 N–H and O–H groups in total. The number of hydrogen-bond donors (Lipinski definition) is 0. The molecule has 250 valence electrons. The quantitative estimate of drug-likeness (QED) is 0.168. The summed E-state index contributed by atoms with van der Waals surface area (Å²) in [5, 5.41) is 2.19. The highest BCUT2D eigenvalue weighted by Crippen LogP contribution is 2.42. The minimum absolute atomic E-state index is 0.606. The molecule has 4 nitrogen and oxygen atoms in total. The highest BCUT2D eigenvalue weighted by Gasteiger charge is 2.20. The molecule has 0 radical (unpaired) electrons. The third-order valence-corrected chi connectivity index (χ3v) is 9.94. The second-order valence-electron chi connectivity index (χ2n) is 13.2. The van der Waals surface area contributed by atoms with E-state index in [2.05, 4.69) is 144 Å². The van der Waals surface area contributed by atoms with Crippen molar-refractivity contribution in [1.82, 2.24) is 4.98 Å². The largest absolute Gasteiger partial charge is 0.456 e. The van der Waals surface area contributed by atoms with Gasteiger partial charge in [0.2, 0.25) is 5.89 Å². The molecule has 2 aromatic heterocycles. The fourth-order valence-corrected chi connectivity index (χ4v) is 7.31. The average molecular weight is 681 g/mol. The van der Waals surface area contributed by atoms with Crippen LogP contribution in [0.5, 0.6) is 0 Å². The number of nitrogens with zero attached hydrogens (tertiary/aromatic N) is 2. The number of hydrogen-bond acceptors (Lipinski definition) is 4. The Bertz CT molecular complexity index is 2860. The minimum Gasteiger partial charge on any atom is -0.456 e. The molecule has 0 bridgehead atoms. The predicted molar refractivity (Wildman–Crippen MR) is 218 cm³/mol. The third-order valence-electron chi connectivity index (χ3n) is 9.94. The summed E-state index contributed by atoms with van der Waals surface area (Å²) < 4.78 is 12.8. The van der Waals surface area contributed by atoms with Gasteiger partial charge in [0.05, 0.1) is 0 Å². The first-order valence-corrected chi connectivity index (χ1v) is 17.8. The lowest BCUT2D eigenvalue weighted by Gasteiger charge is -2.26. The van der Waals surface area contributed by atoms with Crippen LogP contribution in [0.2, 0.25) is 0 Å². The maximum atomic E-state index is 6.60. The zero-order chi connectivity index (χ0) is 35.1. The molecule has 0 unspecified atom stereocenters. The van der Waals surface area contributed by atoms with E-state index < -0.39 is 0 Å². The Morgan fingerprint density at radius 2 is 0.868 bits per heavy atom. The van der Waals surface area contributed by atoms with Gasteiger partial charge in [-0.25, -0.2) is 4.98 Å². The zero-order valence-corrected chi connectivity index (χ0v) is 28.7. The number of oxazole rings is 1. The van der Waals surface area contributed by atoms with Gasteiger partial charge in [0.1, 0.15) is 16.7 Å². The molecule has 0 amide bonds. The van der Waals surface area contributed by atoms with E-state index in [1.807, 2.05) is 54.6 Å². The molecule has 0 aliphatic heterocycles. The zero-order valence-electron chi connectivity index (χ0n) is 28.7. The molecule has 10 rings (SSSR count). The number of anilines is 3. The Labute approximate surface area is 306 Å². The van der Waals surface area contributed by atoms with Gasteiger partial charge >= 0.3 is 0 Å². The topological polar surface area (TPSA) is 42.4 Å². The first-order valence-electron chi connectivity index (χ1n) is 17.8. The molecule has 53 heavy (non-hydrogen) atoms. The monoisotopic (exact) mass is 680 g/mol. The first-order chi connectivity index (χ1) is 26.3. The van der Waals surface area contributed by atoms with Crippen molar-refractivity contribution in [3.8, 4) is 44.8 Å². The summed E-state index contributed by atoms with van der Waals surface area (Å²) in [6.45, 7) is 0. The van der Waals surface area contributed by atoms with Crippen molar-refractivity contribution in [2.24, 2.45) is 0 Å². The lowest BCUT2D eigenvalue weighted by Crippen LogP contribution is -2.09. The molecule has 8 aromatic carbocycles. The van der Waals surface area contributed by atoms with Gasteiger partial charge in [-0.3, -0.25) is 0 Å². The standard InChI is InChI=1S/C49H32N2O2/c1-4-12-33(13-5-1)34-20-24-38(25-21-34)51(40-28-31-46-44(32-40)43-18-10-11-19-45(43)52-46)39-26-22-36(23-27-39)42-30-29-41(35-14-6-2-7-15-35)47-48(42)53-49(50-47)37-16-8-3-9-17-37/h1-32H. The van der Waals surface area contributed by atoms with Gasteiger partial charge in [-0.05, 0) is 89.0 Å². The normalized spacial score (nSPS) is 11.4. The summed E-state index contributed by atoms with van der Waals surface area (Å²) in [5.41, 5.74) is 14.0. The second-order valence-corrected chi connectivity index (χ2v) is 13.2. The molecule has 0 spiro atoms. The van der Waals surface area contributed by atoms with Crippen LogP contribution in [-0.2, 0) is 0 Å². The maximum absolute atomic E-state index is 6.60. The van der Waals surface area contributed by atoms with E-state index in [1.54, 1.807) is 0 Å². The average Bonchev–Trinajstić information content (AvgIpc) is 3.85. The molecule has 0 saturated heterocycles. The van der Waals surface area contributed by atoms with Gasteiger partial charge in [0, 0.05) is 44.5 Å². The smallest absolute Gasteiger partial charge is 0.227 e. The van der Waals surface area contributed by atoms with E-state index in [-0.39, 0.29) is 0 Å². The van der Waals surface area contributed by atoms with Crippen LogP contribution < -0.4 is 4.90 Å². The molecule has 10 aromatic rings. The Kier molecular flexibility index (Phi) is 7.43. The summed E-state index contributed by atoms with van der Waals surface area (Å²) in [4.78, 5) is 7.36. The minimum atomic E-state index is 0.606. The maximum Gasteiger partial charge on any atom is 0.227 e. The van der Waals surface area contributed by atoms with Gasteiger partial charge in [0.25, 0.3) is 0 Å². The Balaban J connectivity index is 1.09. The van der Waals surface area contributed by atoms with Crippen molar-refractivity contribution < 1.29 is 8.83 Å². The van der Waals surface area contributed by atoms with E-state index in [4.69, 9.17) is 13.8 Å². The summed E-state index contributed by atoms with van der Waals surface area (Å²) in [5.74, 6) is 0.606. The van der Waals surface area contributed by atoms with E-state index in [1.165, 1.54) is 11.1 Å². The predicted octanol–water partition coefficient (Wildman–Crippen LogP) is 13.9. The van der Waals surface area contributed by atoms with Crippen molar-refractivity contribution in [2.75, 3.05) is 4.90 Å². The number of para-hydroxylation sites is 1. The van der Waals surface area contributed by atoms with Gasteiger partial charge in [0.15, 0.2) is 5.58 Å².